The third-order valence-corrected chi connectivity index (χ3v) is 4.58. The zero-order chi connectivity index (χ0) is 16.9. The van der Waals surface area contributed by atoms with E-state index in [4.69, 9.17) is 4.74 Å². The van der Waals surface area contributed by atoms with E-state index in [0.717, 1.165) is 49.8 Å². The lowest BCUT2D eigenvalue weighted by Crippen LogP contribution is -2.36. The fourth-order valence-electron chi connectivity index (χ4n) is 3.07. The van der Waals surface area contributed by atoms with Crippen LogP contribution in [0.25, 0.3) is 0 Å². The van der Waals surface area contributed by atoms with Crippen LogP contribution in [0.3, 0.4) is 0 Å². The van der Waals surface area contributed by atoms with E-state index in [2.05, 4.69) is 39.8 Å². The molecule has 0 amide bonds. The van der Waals surface area contributed by atoms with E-state index in [9.17, 15) is 5.11 Å². The highest BCUT2D eigenvalue weighted by Crippen LogP contribution is 2.37. The maximum absolute atomic E-state index is 9.56. The highest BCUT2D eigenvalue weighted by molar-refractivity contribution is 5.41. The van der Waals surface area contributed by atoms with Gasteiger partial charge in [0.25, 0.3) is 0 Å². The number of phenols is 1. The molecule has 1 aliphatic heterocycles. The van der Waals surface area contributed by atoms with Crippen LogP contribution in [0, 0.1) is 0 Å². The van der Waals surface area contributed by atoms with E-state index in [1.807, 2.05) is 12.1 Å². The van der Waals surface area contributed by atoms with Gasteiger partial charge in [0.1, 0.15) is 17.1 Å². The molecule has 23 heavy (non-hydrogen) atoms. The molecule has 0 spiro atoms. The quantitative estimate of drug-likeness (QED) is 0.657. The summed E-state index contributed by atoms with van der Waals surface area (Å²) in [4.78, 5) is 0. The molecule has 1 heterocycles. The number of ether oxygens (including phenoxy) is 1. The third kappa shape index (κ3) is 5.46. The summed E-state index contributed by atoms with van der Waals surface area (Å²) >= 11 is 0. The van der Waals surface area contributed by atoms with Gasteiger partial charge in [-0.15, -0.1) is 0 Å². The molecule has 0 fully saturated rings. The zero-order valence-corrected chi connectivity index (χ0v) is 15.0. The highest BCUT2D eigenvalue weighted by atomic mass is 16.5. The third-order valence-electron chi connectivity index (χ3n) is 4.58. The Morgan fingerprint density at radius 1 is 1.22 bits per heavy atom. The molecule has 0 radical (unpaired) electrons. The molecule has 0 saturated heterocycles. The molecule has 2 rings (SSSR count). The number of phenolic OH excluding ortho intramolecular Hbond substituents is 1. The van der Waals surface area contributed by atoms with Crippen molar-refractivity contribution in [2.75, 3.05) is 0 Å². The molecular weight excluding hydrogens is 284 g/mol. The average Bonchev–Trinajstić information content (AvgIpc) is 2.47. The predicted octanol–water partition coefficient (Wildman–Crippen LogP) is 5.95. The summed E-state index contributed by atoms with van der Waals surface area (Å²) in [5.74, 6) is 1.26. The Bertz CT molecular complexity index is 594. The molecule has 1 N–H and O–H groups in total. The van der Waals surface area contributed by atoms with Crippen LogP contribution in [-0.2, 0) is 6.42 Å². The molecule has 0 saturated carbocycles. The molecule has 126 valence electrons. The largest absolute Gasteiger partial charge is 0.508 e. The molecule has 0 unspecified atom stereocenters. The fraction of sp³-hybridized carbons (Fsp3) is 0.524. The van der Waals surface area contributed by atoms with Crippen LogP contribution >= 0.6 is 0 Å². The average molecular weight is 314 g/mol. The first-order chi connectivity index (χ1) is 10.9. The maximum Gasteiger partial charge on any atom is 0.123 e. The second-order valence-electron chi connectivity index (χ2n) is 7.25. The van der Waals surface area contributed by atoms with Crippen molar-refractivity contribution >= 4 is 0 Å². The summed E-state index contributed by atoms with van der Waals surface area (Å²) in [7, 11) is 0. The molecule has 1 aromatic carbocycles. The Labute approximate surface area is 140 Å². The minimum absolute atomic E-state index is 0.0966. The van der Waals surface area contributed by atoms with E-state index >= 15 is 0 Å². The number of aryl methyl sites for hydroxylation is 1. The number of aromatic hydroxyl groups is 1. The van der Waals surface area contributed by atoms with Crippen LogP contribution in [0.15, 0.2) is 41.5 Å². The molecular formula is C21H30O2. The molecule has 2 nitrogen and oxygen atoms in total. The van der Waals surface area contributed by atoms with Gasteiger partial charge >= 0.3 is 0 Å². The Morgan fingerprint density at radius 2 is 2.00 bits per heavy atom. The lowest BCUT2D eigenvalue weighted by Gasteiger charge is -2.35. The SMILES string of the molecule is CC(C)=CCCC(C)=CCC[C@@]1(C)CCc2cc(O)ccc2O1. The van der Waals surface area contributed by atoms with Crippen LogP contribution in [0.4, 0.5) is 0 Å². The van der Waals surface area contributed by atoms with Crippen LogP contribution in [0.1, 0.15) is 65.4 Å². The minimum atomic E-state index is -0.0966. The van der Waals surface area contributed by atoms with Gasteiger partial charge in [-0.1, -0.05) is 23.3 Å². The van der Waals surface area contributed by atoms with Crippen molar-refractivity contribution in [3.8, 4) is 11.5 Å². The molecule has 0 bridgehead atoms. The molecule has 0 aromatic heterocycles. The van der Waals surface area contributed by atoms with E-state index in [1.165, 1.54) is 11.1 Å². The van der Waals surface area contributed by atoms with Crippen LogP contribution in [-0.4, -0.2) is 10.7 Å². The first-order valence-corrected chi connectivity index (χ1v) is 8.68. The Hall–Kier alpha value is -1.70. The van der Waals surface area contributed by atoms with E-state index in [0.29, 0.717) is 5.75 Å². The summed E-state index contributed by atoms with van der Waals surface area (Å²) in [6, 6.07) is 5.42. The first kappa shape index (κ1) is 17.7. The van der Waals surface area contributed by atoms with Gasteiger partial charge in [0.2, 0.25) is 0 Å². The van der Waals surface area contributed by atoms with Crippen LogP contribution < -0.4 is 4.74 Å². The lowest BCUT2D eigenvalue weighted by atomic mass is 9.88. The summed E-state index contributed by atoms with van der Waals surface area (Å²) in [6.07, 6.45) is 11.0. The fourth-order valence-corrected chi connectivity index (χ4v) is 3.07. The Kier molecular flexibility index (Phi) is 5.92. The van der Waals surface area contributed by atoms with Crippen LogP contribution in [0.2, 0.25) is 0 Å². The zero-order valence-electron chi connectivity index (χ0n) is 15.0. The van der Waals surface area contributed by atoms with Gasteiger partial charge in [0.05, 0.1) is 0 Å². The van der Waals surface area contributed by atoms with Gasteiger partial charge in [-0.25, -0.2) is 0 Å². The Morgan fingerprint density at radius 3 is 2.74 bits per heavy atom. The van der Waals surface area contributed by atoms with Gasteiger partial charge in [0, 0.05) is 0 Å². The molecule has 2 heteroatoms. The smallest absolute Gasteiger partial charge is 0.123 e. The summed E-state index contributed by atoms with van der Waals surface area (Å²) in [5.41, 5.74) is 3.88. The van der Waals surface area contributed by atoms with Gasteiger partial charge in [-0.3, -0.25) is 0 Å². The van der Waals surface area contributed by atoms with Crippen molar-refractivity contribution in [1.82, 2.24) is 0 Å². The second-order valence-corrected chi connectivity index (χ2v) is 7.25. The number of rotatable bonds is 6. The summed E-state index contributed by atoms with van der Waals surface area (Å²) < 4.78 is 6.22. The van der Waals surface area contributed by atoms with Crippen molar-refractivity contribution in [2.24, 2.45) is 0 Å². The first-order valence-electron chi connectivity index (χ1n) is 8.68. The van der Waals surface area contributed by atoms with Gasteiger partial charge < -0.3 is 9.84 Å². The normalized spacial score (nSPS) is 20.6. The number of fused-ring (bicyclic) bond motifs is 1. The summed E-state index contributed by atoms with van der Waals surface area (Å²) in [5, 5.41) is 9.56. The standard InChI is InChI=1S/C21H30O2/c1-16(2)7-5-8-17(3)9-6-13-21(4)14-12-18-15-19(22)10-11-20(18)23-21/h7,9-11,15,22H,5-6,8,12-14H2,1-4H3/t21-/m0/s1. The van der Waals surface area contributed by atoms with Crippen molar-refractivity contribution in [2.45, 2.75) is 71.8 Å². The van der Waals surface area contributed by atoms with Gasteiger partial charge in [-0.2, -0.15) is 0 Å². The van der Waals surface area contributed by atoms with Crippen molar-refractivity contribution in [1.29, 1.82) is 0 Å². The number of hydrogen-bond acceptors (Lipinski definition) is 2. The van der Waals surface area contributed by atoms with Crippen molar-refractivity contribution in [3.63, 3.8) is 0 Å². The highest BCUT2D eigenvalue weighted by Gasteiger charge is 2.30. The minimum Gasteiger partial charge on any atom is -0.508 e. The molecule has 1 aliphatic rings. The monoisotopic (exact) mass is 314 g/mol. The maximum atomic E-state index is 9.56. The van der Waals surface area contributed by atoms with Crippen LogP contribution in [0.5, 0.6) is 11.5 Å². The molecule has 1 atom stereocenters. The number of hydrogen-bond donors (Lipinski definition) is 1. The second kappa shape index (κ2) is 7.72. The summed E-state index contributed by atoms with van der Waals surface area (Å²) in [6.45, 7) is 8.73. The number of benzene rings is 1. The number of allylic oxidation sites excluding steroid dienone is 4. The lowest BCUT2D eigenvalue weighted by molar-refractivity contribution is 0.0570. The Balaban J connectivity index is 1.86. The van der Waals surface area contributed by atoms with E-state index in [-0.39, 0.29) is 5.60 Å². The van der Waals surface area contributed by atoms with Gasteiger partial charge in [-0.05, 0) is 90.0 Å². The van der Waals surface area contributed by atoms with Crippen molar-refractivity contribution < 1.29 is 9.84 Å². The molecule has 0 aliphatic carbocycles. The van der Waals surface area contributed by atoms with Crippen molar-refractivity contribution in [3.05, 3.63) is 47.1 Å². The molecule has 1 aromatic rings. The predicted molar refractivity (Wildman–Crippen MR) is 97.1 cm³/mol. The van der Waals surface area contributed by atoms with E-state index in [1.54, 1.807) is 6.07 Å². The van der Waals surface area contributed by atoms with Gasteiger partial charge in [0.15, 0.2) is 0 Å². The van der Waals surface area contributed by atoms with E-state index < -0.39 is 0 Å². The topological polar surface area (TPSA) is 29.5 Å².